The third kappa shape index (κ3) is 9.46. The van der Waals surface area contributed by atoms with Crippen LogP contribution < -0.4 is 5.73 Å². The van der Waals surface area contributed by atoms with E-state index in [-0.39, 0.29) is 18.4 Å². The highest BCUT2D eigenvalue weighted by Crippen LogP contribution is 1.88. The number of carbonyl (C=O) groups excluding carboxylic acids is 1. The molecular weight excluding hydrogens is 166 g/mol. The topological polar surface area (TPSA) is 52.3 Å². The molecule has 2 N–H and O–H groups in total. The van der Waals surface area contributed by atoms with Crippen LogP contribution in [0.1, 0.15) is 12.8 Å². The lowest BCUT2D eigenvalue weighted by Gasteiger charge is -1.98. The van der Waals surface area contributed by atoms with Gasteiger partial charge in [0.15, 0.2) is 0 Å². The van der Waals surface area contributed by atoms with Gasteiger partial charge in [0.25, 0.3) is 0 Å². The van der Waals surface area contributed by atoms with E-state index < -0.39 is 0 Å². The number of halogens is 1. The maximum absolute atomic E-state index is 10.4. The molecule has 0 radical (unpaired) electrons. The van der Waals surface area contributed by atoms with E-state index in [2.05, 4.69) is 11.3 Å². The van der Waals surface area contributed by atoms with Crippen molar-refractivity contribution in [2.24, 2.45) is 5.73 Å². The molecule has 4 heteroatoms. The molecule has 0 aliphatic heterocycles. The SMILES string of the molecule is C=CC(=O)OCCCCN.Cl. The van der Waals surface area contributed by atoms with Gasteiger partial charge in [-0.25, -0.2) is 4.79 Å². The molecule has 3 nitrogen and oxygen atoms in total. The molecule has 0 aliphatic carbocycles. The first-order valence-electron chi connectivity index (χ1n) is 3.30. The van der Waals surface area contributed by atoms with E-state index in [0.29, 0.717) is 13.2 Å². The van der Waals surface area contributed by atoms with Crippen LogP contribution in [0.4, 0.5) is 0 Å². The van der Waals surface area contributed by atoms with E-state index in [0.717, 1.165) is 18.9 Å². The molecule has 0 aromatic rings. The quantitative estimate of drug-likeness (QED) is 0.387. The lowest BCUT2D eigenvalue weighted by molar-refractivity contribution is -0.137. The molecule has 0 saturated heterocycles. The van der Waals surface area contributed by atoms with Gasteiger partial charge in [-0.05, 0) is 19.4 Å². The van der Waals surface area contributed by atoms with E-state index in [9.17, 15) is 4.79 Å². The molecule has 0 spiro atoms. The van der Waals surface area contributed by atoms with Crippen LogP contribution in [0.5, 0.6) is 0 Å². The number of hydrogen-bond acceptors (Lipinski definition) is 3. The third-order valence-corrected chi connectivity index (χ3v) is 1.01. The summed E-state index contributed by atoms with van der Waals surface area (Å²) in [6.45, 7) is 4.35. The second-order valence-electron chi connectivity index (χ2n) is 1.87. The molecule has 66 valence electrons. The second-order valence-corrected chi connectivity index (χ2v) is 1.87. The fourth-order valence-corrected chi connectivity index (χ4v) is 0.478. The minimum Gasteiger partial charge on any atom is -0.463 e. The van der Waals surface area contributed by atoms with Crippen LogP contribution in [0, 0.1) is 0 Å². The van der Waals surface area contributed by atoms with Crippen molar-refractivity contribution in [2.45, 2.75) is 12.8 Å². The zero-order valence-corrected chi connectivity index (χ0v) is 7.23. The lowest BCUT2D eigenvalue weighted by atomic mass is 10.3. The van der Waals surface area contributed by atoms with Crippen molar-refractivity contribution in [3.63, 3.8) is 0 Å². The summed E-state index contributed by atoms with van der Waals surface area (Å²) < 4.78 is 4.68. The van der Waals surface area contributed by atoms with Crippen LogP contribution in [0.3, 0.4) is 0 Å². The summed E-state index contributed by atoms with van der Waals surface area (Å²) in [5, 5.41) is 0. The highest BCUT2D eigenvalue weighted by Gasteiger charge is 1.92. The van der Waals surface area contributed by atoms with Crippen LogP contribution in [0.2, 0.25) is 0 Å². The van der Waals surface area contributed by atoms with Gasteiger partial charge in [-0.15, -0.1) is 12.4 Å². The smallest absolute Gasteiger partial charge is 0.330 e. The lowest BCUT2D eigenvalue weighted by Crippen LogP contribution is -2.04. The molecule has 0 unspecified atom stereocenters. The largest absolute Gasteiger partial charge is 0.463 e. The van der Waals surface area contributed by atoms with E-state index >= 15 is 0 Å². The molecule has 0 aromatic carbocycles. The van der Waals surface area contributed by atoms with Gasteiger partial charge in [0, 0.05) is 6.08 Å². The van der Waals surface area contributed by atoms with Crippen molar-refractivity contribution in [3.05, 3.63) is 12.7 Å². The van der Waals surface area contributed by atoms with Crippen molar-refractivity contribution in [3.8, 4) is 0 Å². The Morgan fingerprint density at radius 3 is 2.64 bits per heavy atom. The molecule has 0 rings (SSSR count). The van der Waals surface area contributed by atoms with Gasteiger partial charge in [0.1, 0.15) is 0 Å². The van der Waals surface area contributed by atoms with Crippen molar-refractivity contribution in [1.82, 2.24) is 0 Å². The molecule has 0 amide bonds. The maximum atomic E-state index is 10.4. The van der Waals surface area contributed by atoms with Crippen LogP contribution in [-0.2, 0) is 9.53 Å². The van der Waals surface area contributed by atoms with Gasteiger partial charge in [0.2, 0.25) is 0 Å². The molecule has 0 saturated carbocycles. The summed E-state index contributed by atoms with van der Waals surface area (Å²) in [4.78, 5) is 10.4. The van der Waals surface area contributed by atoms with Gasteiger partial charge in [-0.3, -0.25) is 0 Å². The van der Waals surface area contributed by atoms with E-state index in [1.807, 2.05) is 0 Å². The van der Waals surface area contributed by atoms with Gasteiger partial charge >= 0.3 is 5.97 Å². The number of unbranched alkanes of at least 4 members (excludes halogenated alkanes) is 1. The first-order valence-corrected chi connectivity index (χ1v) is 3.30. The summed E-state index contributed by atoms with van der Waals surface area (Å²) in [5.74, 6) is -0.364. The Bertz CT molecular complexity index is 117. The van der Waals surface area contributed by atoms with Crippen molar-refractivity contribution >= 4 is 18.4 Å². The Kier molecular flexibility index (Phi) is 11.2. The number of rotatable bonds is 5. The molecule has 11 heavy (non-hydrogen) atoms. The summed E-state index contributed by atoms with van der Waals surface area (Å²) in [6, 6.07) is 0. The fourth-order valence-electron chi connectivity index (χ4n) is 0.478. The van der Waals surface area contributed by atoms with Gasteiger partial charge in [-0.2, -0.15) is 0 Å². The van der Waals surface area contributed by atoms with Gasteiger partial charge < -0.3 is 10.5 Å². The second kappa shape index (κ2) is 9.46. The van der Waals surface area contributed by atoms with Gasteiger partial charge in [-0.1, -0.05) is 6.58 Å². The van der Waals surface area contributed by atoms with Crippen LogP contribution >= 0.6 is 12.4 Å². The molecule has 0 fully saturated rings. The number of carbonyl (C=O) groups is 1. The molecule has 0 aliphatic rings. The first-order chi connectivity index (χ1) is 4.81. The summed E-state index contributed by atoms with van der Waals surface area (Å²) >= 11 is 0. The fraction of sp³-hybridized carbons (Fsp3) is 0.571. The summed E-state index contributed by atoms with van der Waals surface area (Å²) in [6.07, 6.45) is 2.88. The van der Waals surface area contributed by atoms with Crippen LogP contribution in [0.15, 0.2) is 12.7 Å². The average Bonchev–Trinajstić information content (AvgIpc) is 1.98. The van der Waals surface area contributed by atoms with E-state index in [1.54, 1.807) is 0 Å². The molecule has 0 atom stereocenters. The first kappa shape index (κ1) is 13.1. The average molecular weight is 180 g/mol. The van der Waals surface area contributed by atoms with Crippen LogP contribution in [-0.4, -0.2) is 19.1 Å². The Hall–Kier alpha value is -0.540. The van der Waals surface area contributed by atoms with Crippen molar-refractivity contribution < 1.29 is 9.53 Å². The van der Waals surface area contributed by atoms with Crippen molar-refractivity contribution in [2.75, 3.05) is 13.2 Å². The molecular formula is C7H14ClNO2. The predicted molar refractivity (Wildman–Crippen MR) is 46.7 cm³/mol. The Morgan fingerprint density at radius 1 is 1.55 bits per heavy atom. The van der Waals surface area contributed by atoms with E-state index in [1.165, 1.54) is 0 Å². The Balaban J connectivity index is 0. The maximum Gasteiger partial charge on any atom is 0.330 e. The van der Waals surface area contributed by atoms with Crippen molar-refractivity contribution in [1.29, 1.82) is 0 Å². The Morgan fingerprint density at radius 2 is 2.18 bits per heavy atom. The number of hydrogen-bond donors (Lipinski definition) is 1. The zero-order chi connectivity index (χ0) is 7.82. The van der Waals surface area contributed by atoms with Crippen LogP contribution in [0.25, 0.3) is 0 Å². The normalized spacial score (nSPS) is 8.09. The highest BCUT2D eigenvalue weighted by molar-refractivity contribution is 5.85. The standard InChI is InChI=1S/C7H13NO2.ClH/c1-2-7(9)10-6-4-3-5-8;/h2H,1,3-6,8H2;1H. The summed E-state index contributed by atoms with van der Waals surface area (Å²) in [7, 11) is 0. The van der Waals surface area contributed by atoms with Gasteiger partial charge in [0.05, 0.1) is 6.61 Å². The minimum atomic E-state index is -0.364. The number of nitrogens with two attached hydrogens (primary N) is 1. The Labute approximate surface area is 73.0 Å². The predicted octanol–water partition coefficient (Wildman–Crippen LogP) is 0.876. The zero-order valence-electron chi connectivity index (χ0n) is 6.41. The highest BCUT2D eigenvalue weighted by atomic mass is 35.5. The minimum absolute atomic E-state index is 0. The molecule has 0 bridgehead atoms. The third-order valence-electron chi connectivity index (χ3n) is 1.01. The number of esters is 1. The molecule has 0 aromatic heterocycles. The number of ether oxygens (including phenoxy) is 1. The molecule has 0 heterocycles. The van der Waals surface area contributed by atoms with E-state index in [4.69, 9.17) is 5.73 Å². The summed E-state index contributed by atoms with van der Waals surface area (Å²) in [5.41, 5.74) is 5.22. The monoisotopic (exact) mass is 179 g/mol.